The minimum absolute atomic E-state index is 0.0864. The second kappa shape index (κ2) is 8.24. The maximum absolute atomic E-state index is 12.5. The van der Waals surface area contributed by atoms with E-state index in [1.807, 2.05) is 22.6 Å². The molecule has 0 saturated heterocycles. The molecular weight excluding hydrogens is 481 g/mol. The molecule has 0 heterocycles. The van der Waals surface area contributed by atoms with Crippen LogP contribution in [0.2, 0.25) is 5.02 Å². The number of nitrogens with one attached hydrogen (secondary N) is 1. The van der Waals surface area contributed by atoms with Gasteiger partial charge in [-0.1, -0.05) is 11.6 Å². The van der Waals surface area contributed by atoms with Crippen molar-refractivity contribution in [2.75, 3.05) is 18.4 Å². The Bertz CT molecular complexity index is 901. The number of anilines is 1. The van der Waals surface area contributed by atoms with Gasteiger partial charge in [0.15, 0.2) is 0 Å². The molecule has 0 bridgehead atoms. The Hall–Kier alpha value is -1.52. The van der Waals surface area contributed by atoms with Crippen LogP contribution in [0.25, 0.3) is 0 Å². The minimum atomic E-state index is -3.81. The lowest BCUT2D eigenvalue weighted by molar-refractivity contribution is 0.0526. The van der Waals surface area contributed by atoms with Crippen LogP contribution in [0, 0.1) is 3.57 Å². The van der Waals surface area contributed by atoms with Crippen LogP contribution in [0.4, 0.5) is 5.69 Å². The van der Waals surface area contributed by atoms with Crippen LogP contribution >= 0.6 is 34.2 Å². The molecule has 2 aromatic carbocycles. The van der Waals surface area contributed by atoms with Crippen LogP contribution in [0.3, 0.4) is 0 Å². The summed E-state index contributed by atoms with van der Waals surface area (Å²) in [6.07, 6.45) is 0. The number of benzene rings is 2. The van der Waals surface area contributed by atoms with Crippen molar-refractivity contribution in [2.45, 2.75) is 11.8 Å². The molecule has 0 aromatic heterocycles. The van der Waals surface area contributed by atoms with Crippen LogP contribution in [0.5, 0.6) is 5.75 Å². The van der Waals surface area contributed by atoms with Gasteiger partial charge in [0.25, 0.3) is 10.0 Å². The van der Waals surface area contributed by atoms with E-state index < -0.39 is 16.0 Å². The number of methoxy groups -OCH3 is 1. The monoisotopic (exact) mass is 495 g/mol. The zero-order chi connectivity index (χ0) is 18.6. The number of ether oxygens (including phenoxy) is 2. The van der Waals surface area contributed by atoms with Crippen molar-refractivity contribution < 1.29 is 22.7 Å². The Morgan fingerprint density at radius 3 is 2.52 bits per heavy atom. The van der Waals surface area contributed by atoms with E-state index in [-0.39, 0.29) is 27.8 Å². The molecular formula is C16H15ClINO5S. The Morgan fingerprint density at radius 1 is 1.24 bits per heavy atom. The van der Waals surface area contributed by atoms with Crippen molar-refractivity contribution in [2.24, 2.45) is 0 Å². The van der Waals surface area contributed by atoms with E-state index in [9.17, 15) is 13.2 Å². The number of halogens is 2. The van der Waals surface area contributed by atoms with E-state index in [4.69, 9.17) is 21.1 Å². The van der Waals surface area contributed by atoms with Crippen molar-refractivity contribution in [3.8, 4) is 5.75 Å². The SMILES string of the molecule is CCOC(=O)c1ccc(NS(=O)(=O)c2ccc(OC)c(I)c2)cc1Cl. The van der Waals surface area contributed by atoms with E-state index in [0.29, 0.717) is 9.32 Å². The Labute approximate surface area is 164 Å². The molecule has 0 aliphatic carbocycles. The molecule has 0 unspecified atom stereocenters. The van der Waals surface area contributed by atoms with Crippen LogP contribution in [0.1, 0.15) is 17.3 Å². The summed E-state index contributed by atoms with van der Waals surface area (Å²) in [5.41, 5.74) is 0.411. The number of hydrogen-bond donors (Lipinski definition) is 1. The topological polar surface area (TPSA) is 81.7 Å². The van der Waals surface area contributed by atoms with E-state index >= 15 is 0 Å². The lowest BCUT2D eigenvalue weighted by atomic mass is 10.2. The molecule has 25 heavy (non-hydrogen) atoms. The number of hydrogen-bond acceptors (Lipinski definition) is 5. The quantitative estimate of drug-likeness (QED) is 0.485. The lowest BCUT2D eigenvalue weighted by Gasteiger charge is -2.11. The maximum Gasteiger partial charge on any atom is 0.339 e. The van der Waals surface area contributed by atoms with Gasteiger partial charge in [-0.25, -0.2) is 13.2 Å². The van der Waals surface area contributed by atoms with E-state index in [0.717, 1.165) is 0 Å². The molecule has 0 saturated carbocycles. The van der Waals surface area contributed by atoms with Crippen molar-refractivity contribution in [1.82, 2.24) is 0 Å². The normalized spacial score (nSPS) is 11.0. The van der Waals surface area contributed by atoms with Gasteiger partial charge in [0.2, 0.25) is 0 Å². The minimum Gasteiger partial charge on any atom is -0.496 e. The Kier molecular flexibility index (Phi) is 6.53. The third-order valence-corrected chi connectivity index (χ3v) is 5.68. The molecule has 0 aliphatic heterocycles. The van der Waals surface area contributed by atoms with Gasteiger partial charge >= 0.3 is 5.97 Å². The maximum atomic E-state index is 12.5. The van der Waals surface area contributed by atoms with Gasteiger partial charge in [0.1, 0.15) is 5.75 Å². The Balaban J connectivity index is 2.27. The molecule has 2 aromatic rings. The molecule has 0 spiro atoms. The predicted molar refractivity (Wildman–Crippen MR) is 104 cm³/mol. The van der Waals surface area contributed by atoms with Gasteiger partial charge in [0, 0.05) is 0 Å². The summed E-state index contributed by atoms with van der Waals surface area (Å²) in [7, 11) is -2.30. The van der Waals surface area contributed by atoms with E-state index in [1.54, 1.807) is 13.0 Å². The standard InChI is InChI=1S/C16H15ClINO5S/c1-3-24-16(20)12-6-4-10(8-13(12)17)19-25(21,22)11-5-7-15(23-2)14(18)9-11/h4-9,19H,3H2,1-2H3. The highest BCUT2D eigenvalue weighted by atomic mass is 127. The van der Waals surface area contributed by atoms with Gasteiger partial charge < -0.3 is 9.47 Å². The number of rotatable bonds is 6. The van der Waals surface area contributed by atoms with Crippen LogP contribution in [-0.4, -0.2) is 28.1 Å². The zero-order valence-corrected chi connectivity index (χ0v) is 17.1. The number of sulfonamides is 1. The number of esters is 1. The first kappa shape index (κ1) is 19.8. The fourth-order valence-corrected chi connectivity index (χ4v) is 4.26. The first-order chi connectivity index (χ1) is 11.8. The highest BCUT2D eigenvalue weighted by Gasteiger charge is 2.18. The predicted octanol–water partition coefficient (Wildman–Crippen LogP) is 3.93. The average Bonchev–Trinajstić information content (AvgIpc) is 2.54. The van der Waals surface area contributed by atoms with Crippen LogP contribution < -0.4 is 9.46 Å². The molecule has 0 amide bonds. The van der Waals surface area contributed by atoms with Gasteiger partial charge in [-0.05, 0) is 65.9 Å². The van der Waals surface area contributed by atoms with E-state index in [2.05, 4.69) is 4.72 Å². The summed E-state index contributed by atoms with van der Waals surface area (Å²) in [6.45, 7) is 1.91. The smallest absolute Gasteiger partial charge is 0.339 e. The van der Waals surface area contributed by atoms with Gasteiger partial charge in [0.05, 0.1) is 38.5 Å². The van der Waals surface area contributed by atoms with Crippen molar-refractivity contribution in [3.05, 3.63) is 50.6 Å². The molecule has 134 valence electrons. The third kappa shape index (κ3) is 4.77. The summed E-state index contributed by atoms with van der Waals surface area (Å²) in [5, 5.41) is 0.1000. The summed E-state index contributed by atoms with van der Waals surface area (Å²) < 4.78 is 38.1. The lowest BCUT2D eigenvalue weighted by Crippen LogP contribution is -2.13. The summed E-state index contributed by atoms with van der Waals surface area (Å²) in [4.78, 5) is 11.8. The largest absolute Gasteiger partial charge is 0.496 e. The second-order valence-corrected chi connectivity index (χ2v) is 8.07. The molecule has 1 N–H and O–H groups in total. The van der Waals surface area contributed by atoms with Gasteiger partial charge in [-0.15, -0.1) is 0 Å². The van der Waals surface area contributed by atoms with E-state index in [1.165, 1.54) is 37.4 Å². The summed E-state index contributed by atoms with van der Waals surface area (Å²) in [6, 6.07) is 8.74. The first-order valence-electron chi connectivity index (χ1n) is 7.11. The van der Waals surface area contributed by atoms with Crippen molar-refractivity contribution in [3.63, 3.8) is 0 Å². The van der Waals surface area contributed by atoms with Crippen molar-refractivity contribution in [1.29, 1.82) is 0 Å². The van der Waals surface area contributed by atoms with Crippen LogP contribution in [-0.2, 0) is 14.8 Å². The Morgan fingerprint density at radius 2 is 1.96 bits per heavy atom. The van der Waals surface area contributed by atoms with Crippen molar-refractivity contribution >= 4 is 55.9 Å². The highest BCUT2D eigenvalue weighted by molar-refractivity contribution is 14.1. The summed E-state index contributed by atoms with van der Waals surface area (Å²) in [5.74, 6) is 0.0213. The van der Waals surface area contributed by atoms with Gasteiger partial charge in [-0.3, -0.25) is 4.72 Å². The molecule has 0 aliphatic rings. The molecule has 0 fully saturated rings. The molecule has 6 nitrogen and oxygen atoms in total. The zero-order valence-electron chi connectivity index (χ0n) is 13.4. The highest BCUT2D eigenvalue weighted by Crippen LogP contribution is 2.27. The molecule has 0 radical (unpaired) electrons. The fourth-order valence-electron chi connectivity index (χ4n) is 1.98. The summed E-state index contributed by atoms with van der Waals surface area (Å²) >= 11 is 8.04. The molecule has 2 rings (SSSR count). The fraction of sp³-hybridized carbons (Fsp3) is 0.188. The number of carbonyl (C=O) groups is 1. The molecule has 0 atom stereocenters. The van der Waals surface area contributed by atoms with Gasteiger partial charge in [-0.2, -0.15) is 0 Å². The second-order valence-electron chi connectivity index (χ2n) is 4.82. The average molecular weight is 496 g/mol. The number of carbonyl (C=O) groups excluding carboxylic acids is 1. The van der Waals surface area contributed by atoms with Crippen LogP contribution in [0.15, 0.2) is 41.3 Å². The third-order valence-electron chi connectivity index (χ3n) is 3.15. The molecule has 9 heteroatoms. The first-order valence-corrected chi connectivity index (χ1v) is 10.1.